The summed E-state index contributed by atoms with van der Waals surface area (Å²) in [5.74, 6) is -0.604. The molecule has 1 aromatic heterocycles. The Morgan fingerprint density at radius 3 is 2.58 bits per heavy atom. The van der Waals surface area contributed by atoms with Crippen molar-refractivity contribution in [1.82, 2.24) is 14.8 Å². The SMILES string of the molecule is COCCN1CC(=O)N2[C@@H](c3ccc(C(=O)OC)cc3)c3[nH]c4ccccc4c3C[C@H]2C1=O. The number of amides is 2. The van der Waals surface area contributed by atoms with E-state index >= 15 is 0 Å². The lowest BCUT2D eigenvalue weighted by atomic mass is 9.86. The van der Waals surface area contributed by atoms with E-state index in [1.54, 1.807) is 29.0 Å². The van der Waals surface area contributed by atoms with Crippen LogP contribution in [-0.2, 0) is 25.5 Å². The number of nitrogens with one attached hydrogen (secondary N) is 1. The second-order valence-electron chi connectivity index (χ2n) is 8.35. The highest BCUT2D eigenvalue weighted by Gasteiger charge is 2.48. The molecule has 0 bridgehead atoms. The van der Waals surface area contributed by atoms with Gasteiger partial charge in [0, 0.05) is 36.7 Å². The van der Waals surface area contributed by atoms with E-state index < -0.39 is 18.1 Å². The molecular weight excluding hydrogens is 422 g/mol. The molecule has 3 heterocycles. The van der Waals surface area contributed by atoms with Crippen LogP contribution in [0.5, 0.6) is 0 Å². The molecule has 0 unspecified atom stereocenters. The van der Waals surface area contributed by atoms with Crippen molar-refractivity contribution in [2.45, 2.75) is 18.5 Å². The first-order valence-electron chi connectivity index (χ1n) is 10.9. The summed E-state index contributed by atoms with van der Waals surface area (Å²) in [6.07, 6.45) is 0.449. The van der Waals surface area contributed by atoms with Gasteiger partial charge >= 0.3 is 5.97 Å². The molecule has 2 atom stereocenters. The highest BCUT2D eigenvalue weighted by molar-refractivity contribution is 5.97. The smallest absolute Gasteiger partial charge is 0.337 e. The van der Waals surface area contributed by atoms with Gasteiger partial charge in [-0.3, -0.25) is 9.59 Å². The molecule has 0 saturated carbocycles. The fourth-order valence-corrected chi connectivity index (χ4v) is 4.98. The van der Waals surface area contributed by atoms with Crippen LogP contribution in [0.15, 0.2) is 48.5 Å². The van der Waals surface area contributed by atoms with Crippen molar-refractivity contribution in [2.75, 3.05) is 33.9 Å². The molecular formula is C25H25N3O5. The van der Waals surface area contributed by atoms with E-state index in [-0.39, 0.29) is 18.4 Å². The first-order valence-corrected chi connectivity index (χ1v) is 10.9. The van der Waals surface area contributed by atoms with Crippen molar-refractivity contribution in [2.24, 2.45) is 0 Å². The predicted octanol–water partition coefficient (Wildman–Crippen LogP) is 2.29. The molecule has 8 nitrogen and oxygen atoms in total. The zero-order chi connectivity index (χ0) is 23.1. The van der Waals surface area contributed by atoms with E-state index in [0.29, 0.717) is 25.1 Å². The number of H-pyrrole nitrogens is 1. The molecule has 0 radical (unpaired) electrons. The number of carbonyl (C=O) groups is 3. The van der Waals surface area contributed by atoms with E-state index in [0.717, 1.165) is 27.7 Å². The van der Waals surface area contributed by atoms with Gasteiger partial charge in [0.25, 0.3) is 0 Å². The lowest BCUT2D eigenvalue weighted by molar-refractivity contribution is -0.159. The lowest BCUT2D eigenvalue weighted by Gasteiger charge is -2.47. The molecule has 2 aliphatic rings. The van der Waals surface area contributed by atoms with Gasteiger partial charge in [-0.05, 0) is 29.3 Å². The third kappa shape index (κ3) is 3.47. The Morgan fingerprint density at radius 2 is 1.85 bits per heavy atom. The molecule has 170 valence electrons. The Morgan fingerprint density at radius 1 is 1.09 bits per heavy atom. The molecule has 1 N–H and O–H groups in total. The number of esters is 1. The minimum Gasteiger partial charge on any atom is -0.465 e. The van der Waals surface area contributed by atoms with Crippen LogP contribution < -0.4 is 0 Å². The zero-order valence-electron chi connectivity index (χ0n) is 18.5. The molecule has 5 rings (SSSR count). The number of para-hydroxylation sites is 1. The number of fused-ring (bicyclic) bond motifs is 4. The average molecular weight is 447 g/mol. The van der Waals surface area contributed by atoms with Crippen molar-refractivity contribution in [3.63, 3.8) is 0 Å². The number of piperazine rings is 1. The number of nitrogens with zero attached hydrogens (tertiary/aromatic N) is 2. The van der Waals surface area contributed by atoms with Gasteiger partial charge in [0.2, 0.25) is 11.8 Å². The Balaban J connectivity index is 1.63. The third-order valence-electron chi connectivity index (χ3n) is 6.56. The fourth-order valence-electron chi connectivity index (χ4n) is 4.98. The molecule has 2 aromatic carbocycles. The number of methoxy groups -OCH3 is 2. The van der Waals surface area contributed by atoms with Crippen molar-refractivity contribution in [1.29, 1.82) is 0 Å². The molecule has 3 aromatic rings. The second kappa shape index (κ2) is 8.37. The van der Waals surface area contributed by atoms with E-state index in [1.165, 1.54) is 7.11 Å². The van der Waals surface area contributed by atoms with Crippen LogP contribution in [0.4, 0.5) is 0 Å². The first kappa shape index (κ1) is 21.2. The molecule has 8 heteroatoms. The summed E-state index contributed by atoms with van der Waals surface area (Å²) in [5, 5.41) is 1.05. The molecule has 33 heavy (non-hydrogen) atoms. The number of rotatable bonds is 5. The summed E-state index contributed by atoms with van der Waals surface area (Å²) < 4.78 is 9.94. The zero-order valence-corrected chi connectivity index (χ0v) is 18.5. The van der Waals surface area contributed by atoms with Crippen LogP contribution in [0.1, 0.15) is 33.2 Å². The van der Waals surface area contributed by atoms with E-state index in [1.807, 2.05) is 36.4 Å². The van der Waals surface area contributed by atoms with Gasteiger partial charge in [-0.1, -0.05) is 30.3 Å². The van der Waals surface area contributed by atoms with E-state index in [9.17, 15) is 14.4 Å². The molecule has 1 saturated heterocycles. The van der Waals surface area contributed by atoms with Crippen LogP contribution in [0, 0.1) is 0 Å². The molecule has 0 spiro atoms. The maximum Gasteiger partial charge on any atom is 0.337 e. The van der Waals surface area contributed by atoms with Crippen molar-refractivity contribution in [3.05, 3.63) is 70.9 Å². The minimum atomic E-state index is -0.597. The van der Waals surface area contributed by atoms with Crippen molar-refractivity contribution in [3.8, 4) is 0 Å². The summed E-state index contributed by atoms with van der Waals surface area (Å²) in [6, 6.07) is 13.9. The van der Waals surface area contributed by atoms with Gasteiger partial charge in [-0.15, -0.1) is 0 Å². The maximum atomic E-state index is 13.4. The topological polar surface area (TPSA) is 91.9 Å². The lowest BCUT2D eigenvalue weighted by Crippen LogP contribution is -2.63. The van der Waals surface area contributed by atoms with Gasteiger partial charge in [0.15, 0.2) is 0 Å². The largest absolute Gasteiger partial charge is 0.465 e. The summed E-state index contributed by atoms with van der Waals surface area (Å²) in [6.45, 7) is 0.776. The Labute approximate surface area is 191 Å². The Hall–Kier alpha value is -3.65. The third-order valence-corrected chi connectivity index (χ3v) is 6.56. The van der Waals surface area contributed by atoms with Crippen LogP contribution in [-0.4, -0.2) is 72.5 Å². The predicted molar refractivity (Wildman–Crippen MR) is 121 cm³/mol. The van der Waals surface area contributed by atoms with Gasteiger partial charge in [0.1, 0.15) is 6.04 Å². The second-order valence-corrected chi connectivity index (χ2v) is 8.35. The number of hydrogen-bond donors (Lipinski definition) is 1. The van der Waals surface area contributed by atoms with Gasteiger partial charge in [-0.25, -0.2) is 4.79 Å². The van der Waals surface area contributed by atoms with Gasteiger partial charge in [-0.2, -0.15) is 0 Å². The monoisotopic (exact) mass is 447 g/mol. The van der Waals surface area contributed by atoms with Crippen molar-refractivity contribution >= 4 is 28.7 Å². The Bertz CT molecular complexity index is 1230. The number of benzene rings is 2. The number of hydrogen-bond acceptors (Lipinski definition) is 5. The standard InChI is InChI=1S/C25H25N3O5/c1-32-12-11-27-14-21(29)28-20(24(27)30)13-18-17-5-3-4-6-19(17)26-22(18)23(28)15-7-9-16(10-8-15)25(31)33-2/h3-10,20,23,26H,11-14H2,1-2H3/t20-,23-/m0/s1. The highest BCUT2D eigenvalue weighted by Crippen LogP contribution is 2.42. The number of ether oxygens (including phenoxy) is 2. The van der Waals surface area contributed by atoms with Crippen LogP contribution in [0.25, 0.3) is 10.9 Å². The van der Waals surface area contributed by atoms with Crippen LogP contribution >= 0.6 is 0 Å². The maximum absolute atomic E-state index is 13.4. The number of carbonyl (C=O) groups excluding carboxylic acids is 3. The summed E-state index contributed by atoms with van der Waals surface area (Å²) in [4.78, 5) is 45.5. The van der Waals surface area contributed by atoms with Crippen LogP contribution in [0.3, 0.4) is 0 Å². The summed E-state index contributed by atoms with van der Waals surface area (Å²) >= 11 is 0. The molecule has 0 aliphatic carbocycles. The number of aromatic nitrogens is 1. The summed E-state index contributed by atoms with van der Waals surface area (Å²) in [7, 11) is 2.92. The fraction of sp³-hybridized carbons (Fsp3) is 0.320. The van der Waals surface area contributed by atoms with Crippen LogP contribution in [0.2, 0.25) is 0 Å². The Kier molecular flexibility index (Phi) is 5.38. The molecule has 2 amide bonds. The molecule has 2 aliphatic heterocycles. The van der Waals surface area contributed by atoms with Gasteiger partial charge < -0.3 is 24.3 Å². The van der Waals surface area contributed by atoms with Crippen molar-refractivity contribution < 1.29 is 23.9 Å². The number of aromatic amines is 1. The first-order chi connectivity index (χ1) is 16.0. The quantitative estimate of drug-likeness (QED) is 0.606. The molecule has 1 fully saturated rings. The highest BCUT2D eigenvalue weighted by atomic mass is 16.5. The van der Waals surface area contributed by atoms with Gasteiger partial charge in [0.05, 0.1) is 31.9 Å². The minimum absolute atomic E-state index is 0.0188. The van der Waals surface area contributed by atoms with E-state index in [4.69, 9.17) is 9.47 Å². The van der Waals surface area contributed by atoms with E-state index in [2.05, 4.69) is 4.98 Å². The average Bonchev–Trinajstić information content (AvgIpc) is 3.22. The normalized spacial score (nSPS) is 20.1. The summed E-state index contributed by atoms with van der Waals surface area (Å²) in [5.41, 5.74) is 4.17.